The molecule has 0 saturated carbocycles. The molecule has 1 spiro atoms. The third-order valence-corrected chi connectivity index (χ3v) is 10.4. The van der Waals surface area contributed by atoms with Crippen molar-refractivity contribution in [2.45, 2.75) is 102 Å². The summed E-state index contributed by atoms with van der Waals surface area (Å²) in [5.74, 6) is -1.07. The molecule has 6 atom stereocenters. The lowest BCUT2D eigenvalue weighted by Gasteiger charge is -2.41. The molecule has 4 rings (SSSR count). The molecule has 0 aromatic heterocycles. The van der Waals surface area contributed by atoms with Crippen LogP contribution in [-0.2, 0) is 14.4 Å². The summed E-state index contributed by atoms with van der Waals surface area (Å²) in [6.45, 7) is 16.6. The van der Waals surface area contributed by atoms with Crippen molar-refractivity contribution in [1.29, 1.82) is 0 Å². The van der Waals surface area contributed by atoms with E-state index in [4.69, 9.17) is 4.74 Å². The van der Waals surface area contributed by atoms with Gasteiger partial charge in [-0.15, -0.1) is 11.8 Å². The van der Waals surface area contributed by atoms with Gasteiger partial charge in [-0.1, -0.05) is 34.6 Å². The van der Waals surface area contributed by atoms with Crippen molar-refractivity contribution in [3.63, 3.8) is 0 Å². The number of rotatable bonds is 10. The molecule has 0 radical (unpaired) electrons. The second-order valence-electron chi connectivity index (χ2n) is 13.9. The van der Waals surface area contributed by atoms with E-state index in [0.29, 0.717) is 18.7 Å². The molecule has 40 heavy (non-hydrogen) atoms. The third-order valence-electron chi connectivity index (χ3n) is 8.47. The van der Waals surface area contributed by atoms with Crippen LogP contribution < -0.4 is 15.4 Å². The normalized spacial score (nSPS) is 28.6. The molecule has 3 saturated heterocycles. The Morgan fingerprint density at radius 2 is 1.80 bits per heavy atom. The highest BCUT2D eigenvalue weighted by Crippen LogP contribution is 2.66. The number of thioether (sulfide) groups is 1. The van der Waals surface area contributed by atoms with E-state index in [2.05, 4.69) is 31.4 Å². The predicted molar refractivity (Wildman–Crippen MR) is 159 cm³/mol. The summed E-state index contributed by atoms with van der Waals surface area (Å²) in [7, 11) is 0. The Morgan fingerprint density at radius 3 is 2.35 bits per heavy atom. The molecular weight excluding hydrogens is 526 g/mol. The van der Waals surface area contributed by atoms with Crippen molar-refractivity contribution < 1.29 is 24.2 Å². The van der Waals surface area contributed by atoms with Gasteiger partial charge in [0.05, 0.1) is 35.8 Å². The number of ether oxygens (including phenoxy) is 1. The zero-order chi connectivity index (χ0) is 29.6. The highest BCUT2D eigenvalue weighted by atomic mass is 32.2. The Bertz CT molecular complexity index is 1110. The largest absolute Gasteiger partial charge is 0.494 e. The van der Waals surface area contributed by atoms with Crippen molar-refractivity contribution in [1.82, 2.24) is 10.2 Å². The minimum Gasteiger partial charge on any atom is -0.494 e. The first-order valence-corrected chi connectivity index (χ1v) is 15.5. The second-order valence-corrected chi connectivity index (χ2v) is 15.5. The van der Waals surface area contributed by atoms with E-state index < -0.39 is 34.2 Å². The number of amides is 3. The molecule has 8 nitrogen and oxygen atoms in total. The van der Waals surface area contributed by atoms with E-state index in [1.807, 2.05) is 46.8 Å². The van der Waals surface area contributed by atoms with Crippen molar-refractivity contribution in [3.8, 4) is 5.75 Å². The zero-order valence-electron chi connectivity index (χ0n) is 25.2. The second kappa shape index (κ2) is 11.2. The van der Waals surface area contributed by atoms with Crippen LogP contribution in [0.3, 0.4) is 0 Å². The molecule has 0 aliphatic carbocycles. The van der Waals surface area contributed by atoms with Crippen LogP contribution in [0.4, 0.5) is 5.69 Å². The topological polar surface area (TPSA) is 108 Å². The van der Waals surface area contributed by atoms with Crippen molar-refractivity contribution in [3.05, 3.63) is 24.3 Å². The molecule has 2 bridgehead atoms. The number of aliphatic hydroxyl groups excluding tert-OH is 1. The molecule has 3 aliphatic rings. The Kier molecular flexibility index (Phi) is 8.59. The molecule has 3 aliphatic heterocycles. The summed E-state index contributed by atoms with van der Waals surface area (Å²) in [5.41, 5.74) is 0.155. The van der Waals surface area contributed by atoms with Crippen LogP contribution in [0.25, 0.3) is 0 Å². The predicted octanol–water partition coefficient (Wildman–Crippen LogP) is 4.46. The first-order valence-electron chi connectivity index (χ1n) is 14.6. The molecule has 2 unspecified atom stereocenters. The van der Waals surface area contributed by atoms with E-state index >= 15 is 0 Å². The number of nitrogens with zero attached hydrogens (tertiary/aromatic N) is 1. The van der Waals surface area contributed by atoms with E-state index in [-0.39, 0.29) is 40.9 Å². The van der Waals surface area contributed by atoms with E-state index in [1.165, 1.54) is 0 Å². The molecule has 3 amide bonds. The summed E-state index contributed by atoms with van der Waals surface area (Å²) >= 11 is 1.64. The minimum atomic E-state index is -0.748. The maximum atomic E-state index is 14.3. The summed E-state index contributed by atoms with van der Waals surface area (Å²) in [6.07, 6.45) is 2.22. The number of anilines is 1. The smallest absolute Gasteiger partial charge is 0.244 e. The lowest BCUT2D eigenvalue weighted by molar-refractivity contribution is -0.143. The molecule has 1 aromatic carbocycles. The fourth-order valence-corrected chi connectivity index (χ4v) is 9.67. The van der Waals surface area contributed by atoms with E-state index in [9.17, 15) is 19.5 Å². The summed E-state index contributed by atoms with van der Waals surface area (Å²) in [6, 6.07) is 5.97. The molecule has 9 heteroatoms. The van der Waals surface area contributed by atoms with Gasteiger partial charge in [0.2, 0.25) is 17.7 Å². The maximum absolute atomic E-state index is 14.3. The number of hydrogen-bond acceptors (Lipinski definition) is 6. The molecule has 3 fully saturated rings. The van der Waals surface area contributed by atoms with Gasteiger partial charge < -0.3 is 25.4 Å². The third kappa shape index (κ3) is 5.73. The van der Waals surface area contributed by atoms with Gasteiger partial charge in [-0.25, -0.2) is 0 Å². The zero-order valence-corrected chi connectivity index (χ0v) is 26.1. The molecule has 222 valence electrons. The van der Waals surface area contributed by atoms with Crippen LogP contribution in [0.2, 0.25) is 0 Å². The van der Waals surface area contributed by atoms with Gasteiger partial charge in [0.1, 0.15) is 11.8 Å². The number of benzene rings is 1. The summed E-state index contributed by atoms with van der Waals surface area (Å²) in [5, 5.41) is 16.7. The quantitative estimate of drug-likeness (QED) is 0.381. The molecule has 3 heterocycles. The summed E-state index contributed by atoms with van der Waals surface area (Å²) in [4.78, 5) is 43.9. The average molecular weight is 574 g/mol. The van der Waals surface area contributed by atoms with Crippen LogP contribution in [0, 0.1) is 23.2 Å². The van der Waals surface area contributed by atoms with Gasteiger partial charge in [-0.3, -0.25) is 14.4 Å². The van der Waals surface area contributed by atoms with Crippen molar-refractivity contribution >= 4 is 35.2 Å². The lowest BCUT2D eigenvalue weighted by atomic mass is 9.70. The average Bonchev–Trinajstić information content (AvgIpc) is 3.46. The van der Waals surface area contributed by atoms with Gasteiger partial charge in [0.15, 0.2) is 0 Å². The highest BCUT2D eigenvalue weighted by molar-refractivity contribution is 8.02. The Labute approximate surface area is 243 Å². The first kappa shape index (κ1) is 30.7. The number of fused-ring (bicyclic) bond motifs is 1. The highest BCUT2D eigenvalue weighted by Gasteiger charge is 2.74. The Balaban J connectivity index is 1.66. The van der Waals surface area contributed by atoms with Gasteiger partial charge >= 0.3 is 0 Å². The first-order chi connectivity index (χ1) is 18.6. The van der Waals surface area contributed by atoms with Gasteiger partial charge in [0.25, 0.3) is 0 Å². The van der Waals surface area contributed by atoms with Gasteiger partial charge in [0, 0.05) is 16.5 Å². The molecule has 3 N–H and O–H groups in total. The number of hydrogen-bond donors (Lipinski definition) is 3. The van der Waals surface area contributed by atoms with Crippen LogP contribution in [-0.4, -0.2) is 68.6 Å². The molecular formula is C31H47N3O5S. The minimum absolute atomic E-state index is 0.00103. The van der Waals surface area contributed by atoms with Crippen LogP contribution in [0.5, 0.6) is 5.75 Å². The number of carbonyl (C=O) groups excluding carboxylic acids is 3. The van der Waals surface area contributed by atoms with Gasteiger partial charge in [-0.05, 0) is 75.6 Å². The standard InChI is InChI=1S/C31H47N3O5S/c1-9-39-20-12-10-19(11-13-20)32-26(36)23-22-14-15-31(40-22)24(23)28(38)34(21(16-35)18(2)3)25(31)27(37)33-30(7,8)17-29(4,5)6/h10-13,18,21-25,35H,9,14-17H2,1-8H3,(H,32,36)(H,33,37)/t21-,22+,23-,24-,25?,31?/m0/s1. The fourth-order valence-electron chi connectivity index (χ4n) is 7.47. The Hall–Kier alpha value is -2.26. The van der Waals surface area contributed by atoms with E-state index in [0.717, 1.165) is 18.6 Å². The van der Waals surface area contributed by atoms with E-state index in [1.54, 1.807) is 28.8 Å². The summed E-state index contributed by atoms with van der Waals surface area (Å²) < 4.78 is 4.81. The number of nitrogens with one attached hydrogen (secondary N) is 2. The maximum Gasteiger partial charge on any atom is 0.244 e. The number of aliphatic hydroxyl groups is 1. The van der Waals surface area contributed by atoms with Crippen LogP contribution in [0.15, 0.2) is 24.3 Å². The lowest BCUT2D eigenvalue weighted by Crippen LogP contribution is -2.60. The van der Waals surface area contributed by atoms with Crippen molar-refractivity contribution in [2.24, 2.45) is 23.2 Å². The van der Waals surface area contributed by atoms with Crippen molar-refractivity contribution in [2.75, 3.05) is 18.5 Å². The van der Waals surface area contributed by atoms with Crippen LogP contribution in [0.1, 0.15) is 74.7 Å². The number of carbonyl (C=O) groups is 3. The molecule has 1 aromatic rings. The SMILES string of the molecule is CCOc1ccc(NC(=O)[C@@H]2[C@H]3C(=O)N([C@@H](CO)C(C)C)C(C(=O)NC(C)(C)CC(C)(C)C)C34CC[C@H]2S4)cc1. The monoisotopic (exact) mass is 573 g/mol. The Morgan fingerprint density at radius 1 is 1.15 bits per heavy atom. The van der Waals surface area contributed by atoms with Gasteiger partial charge in [-0.2, -0.15) is 0 Å². The van der Waals surface area contributed by atoms with Crippen LogP contribution >= 0.6 is 11.8 Å². The number of likely N-dealkylation sites (tertiary alicyclic amines) is 1. The fraction of sp³-hybridized carbons (Fsp3) is 0.710.